The minimum atomic E-state index is -0.605. The largest absolute Gasteiger partial charge is 0.457 e. The standard InChI is InChI=1S/C14H20N6O2S/c1-2-3-6-17-8-19-12-11(20-14(16)23-12)10-5-4-9(22-10)7-18-13(15)21/h4-5,8H,2-3,6-7H2,1H3,(H2,16,20)(H,17,19)(H3,15,18,21). The fourth-order valence-electron chi connectivity index (χ4n) is 1.79. The van der Waals surface area contributed by atoms with Crippen molar-refractivity contribution in [2.24, 2.45) is 10.7 Å². The van der Waals surface area contributed by atoms with Crippen LogP contribution in [0.4, 0.5) is 14.9 Å². The van der Waals surface area contributed by atoms with Crippen LogP contribution in [0.5, 0.6) is 0 Å². The number of nitrogens with zero attached hydrogens (tertiary/aromatic N) is 2. The number of rotatable bonds is 8. The summed E-state index contributed by atoms with van der Waals surface area (Å²) in [4.78, 5) is 19.3. The summed E-state index contributed by atoms with van der Waals surface area (Å²) in [6.07, 6.45) is 3.79. The number of carbonyl (C=O) groups excluding carboxylic acids is 1. The van der Waals surface area contributed by atoms with Gasteiger partial charge in [0.2, 0.25) is 0 Å². The first-order valence-electron chi connectivity index (χ1n) is 7.23. The second-order valence-corrected chi connectivity index (χ2v) is 5.78. The molecule has 8 nitrogen and oxygen atoms in total. The first-order chi connectivity index (χ1) is 11.1. The number of unbranched alkanes of at least 4 members (excludes halogenated alkanes) is 1. The average Bonchev–Trinajstić information content (AvgIpc) is 3.11. The van der Waals surface area contributed by atoms with Crippen molar-refractivity contribution in [1.82, 2.24) is 10.3 Å². The summed E-state index contributed by atoms with van der Waals surface area (Å²) >= 11 is 1.32. The Morgan fingerprint density at radius 2 is 2.35 bits per heavy atom. The fraction of sp³-hybridized carbons (Fsp3) is 0.357. The van der Waals surface area contributed by atoms with E-state index in [1.165, 1.54) is 11.3 Å². The van der Waals surface area contributed by atoms with E-state index in [0.29, 0.717) is 22.3 Å². The number of carbonyl (C=O) groups is 1. The lowest BCUT2D eigenvalue weighted by atomic mass is 10.3. The number of hydrogen-bond acceptors (Lipinski definition) is 6. The molecule has 0 aliphatic rings. The number of amides is 2. The van der Waals surface area contributed by atoms with Gasteiger partial charge in [-0.2, -0.15) is 0 Å². The first kappa shape index (κ1) is 16.8. The molecule has 0 bridgehead atoms. The number of thiazole rings is 1. The average molecular weight is 336 g/mol. The summed E-state index contributed by atoms with van der Waals surface area (Å²) in [6.45, 7) is 3.11. The molecule has 0 saturated carbocycles. The Morgan fingerprint density at radius 3 is 3.09 bits per heavy atom. The van der Waals surface area contributed by atoms with E-state index in [4.69, 9.17) is 15.9 Å². The predicted molar refractivity (Wildman–Crippen MR) is 92.5 cm³/mol. The van der Waals surface area contributed by atoms with Crippen LogP contribution in [0.25, 0.3) is 11.5 Å². The molecule has 6 N–H and O–H groups in total. The summed E-state index contributed by atoms with van der Waals surface area (Å²) < 4.78 is 5.65. The van der Waals surface area contributed by atoms with E-state index in [1.807, 2.05) is 0 Å². The number of primary amides is 1. The number of nitrogen functional groups attached to an aromatic ring is 1. The SMILES string of the molecule is CCCCN=CNc1sc(N)nc1-c1ccc(CNC(N)=O)o1. The Kier molecular flexibility index (Phi) is 5.98. The molecule has 2 amide bonds. The smallest absolute Gasteiger partial charge is 0.312 e. The topological polar surface area (TPSA) is 132 Å². The number of anilines is 2. The summed E-state index contributed by atoms with van der Waals surface area (Å²) in [5.41, 5.74) is 11.4. The zero-order valence-corrected chi connectivity index (χ0v) is 13.7. The number of nitrogens with one attached hydrogen (secondary N) is 2. The lowest BCUT2D eigenvalue weighted by molar-refractivity contribution is 0.247. The molecule has 124 valence electrons. The van der Waals surface area contributed by atoms with Crippen molar-refractivity contribution < 1.29 is 9.21 Å². The lowest BCUT2D eigenvalue weighted by Crippen LogP contribution is -2.28. The van der Waals surface area contributed by atoms with Crippen molar-refractivity contribution in [3.63, 3.8) is 0 Å². The van der Waals surface area contributed by atoms with Crippen LogP contribution < -0.4 is 22.1 Å². The molecular weight excluding hydrogens is 316 g/mol. The zero-order valence-electron chi connectivity index (χ0n) is 12.8. The molecular formula is C14H20N6O2S. The molecule has 0 fully saturated rings. The number of urea groups is 1. The first-order valence-corrected chi connectivity index (χ1v) is 8.05. The summed E-state index contributed by atoms with van der Waals surface area (Å²) in [6, 6.07) is 2.91. The number of furan rings is 1. The van der Waals surface area contributed by atoms with Gasteiger partial charge in [0.1, 0.15) is 16.5 Å². The Balaban J connectivity index is 2.07. The third kappa shape index (κ3) is 4.99. The normalized spacial score (nSPS) is 11.0. The van der Waals surface area contributed by atoms with Crippen molar-refractivity contribution in [3.8, 4) is 11.5 Å². The molecule has 2 heterocycles. The number of hydrogen-bond donors (Lipinski definition) is 4. The molecule has 0 aromatic carbocycles. The highest BCUT2D eigenvalue weighted by atomic mass is 32.1. The molecule has 0 unspecified atom stereocenters. The molecule has 23 heavy (non-hydrogen) atoms. The van der Waals surface area contributed by atoms with Crippen LogP contribution in [0, 0.1) is 0 Å². The maximum absolute atomic E-state index is 10.7. The van der Waals surface area contributed by atoms with Gasteiger partial charge in [-0.1, -0.05) is 24.7 Å². The molecule has 0 aliphatic heterocycles. The van der Waals surface area contributed by atoms with Crippen LogP contribution in [-0.4, -0.2) is 23.9 Å². The predicted octanol–water partition coefficient (Wildman–Crippen LogP) is 2.39. The molecule has 0 spiro atoms. The monoisotopic (exact) mass is 336 g/mol. The van der Waals surface area contributed by atoms with Gasteiger partial charge in [-0.05, 0) is 18.6 Å². The second-order valence-electron chi connectivity index (χ2n) is 4.75. The number of aliphatic imine (C=N–C) groups is 1. The highest BCUT2D eigenvalue weighted by molar-refractivity contribution is 7.20. The highest BCUT2D eigenvalue weighted by Crippen LogP contribution is 2.35. The summed E-state index contributed by atoms with van der Waals surface area (Å²) in [7, 11) is 0. The molecule has 0 radical (unpaired) electrons. The van der Waals surface area contributed by atoms with Gasteiger partial charge in [-0.25, -0.2) is 9.78 Å². The van der Waals surface area contributed by atoms with Gasteiger partial charge in [0.15, 0.2) is 10.9 Å². The maximum Gasteiger partial charge on any atom is 0.312 e. The number of nitrogens with two attached hydrogens (primary N) is 2. The Bertz CT molecular complexity index is 679. The second kappa shape index (κ2) is 8.18. The van der Waals surface area contributed by atoms with Crippen LogP contribution >= 0.6 is 11.3 Å². The summed E-state index contributed by atoms with van der Waals surface area (Å²) in [5.74, 6) is 1.14. The van der Waals surface area contributed by atoms with Crippen LogP contribution in [0.1, 0.15) is 25.5 Å². The van der Waals surface area contributed by atoms with Gasteiger partial charge in [-0.15, -0.1) is 0 Å². The Labute approximate surface area is 138 Å². The number of aromatic nitrogens is 1. The third-order valence-electron chi connectivity index (χ3n) is 2.90. The van der Waals surface area contributed by atoms with Gasteiger partial charge >= 0.3 is 6.03 Å². The van der Waals surface area contributed by atoms with Crippen molar-refractivity contribution in [2.45, 2.75) is 26.3 Å². The molecule has 0 atom stereocenters. The molecule has 2 aromatic rings. The quantitative estimate of drug-likeness (QED) is 0.334. The van der Waals surface area contributed by atoms with Crippen LogP contribution in [-0.2, 0) is 6.54 Å². The highest BCUT2D eigenvalue weighted by Gasteiger charge is 2.15. The van der Waals surface area contributed by atoms with Crippen molar-refractivity contribution in [3.05, 3.63) is 17.9 Å². The fourth-order valence-corrected chi connectivity index (χ4v) is 2.49. The van der Waals surface area contributed by atoms with Gasteiger partial charge in [0.25, 0.3) is 0 Å². The molecule has 9 heteroatoms. The molecule has 2 aromatic heterocycles. The zero-order chi connectivity index (χ0) is 16.7. The van der Waals surface area contributed by atoms with Crippen LogP contribution in [0.15, 0.2) is 21.5 Å². The molecule has 2 rings (SSSR count). The molecule has 0 aliphatic carbocycles. The van der Waals surface area contributed by atoms with Crippen LogP contribution in [0.3, 0.4) is 0 Å². The minimum absolute atomic E-state index is 0.218. The van der Waals surface area contributed by atoms with Gasteiger partial charge in [0.05, 0.1) is 12.9 Å². The van der Waals surface area contributed by atoms with Gasteiger partial charge in [0, 0.05) is 6.54 Å². The Hall–Kier alpha value is -2.55. The minimum Gasteiger partial charge on any atom is -0.457 e. The van der Waals surface area contributed by atoms with E-state index >= 15 is 0 Å². The lowest BCUT2D eigenvalue weighted by Gasteiger charge is -2.00. The van der Waals surface area contributed by atoms with E-state index < -0.39 is 6.03 Å². The molecule has 0 saturated heterocycles. The Morgan fingerprint density at radius 1 is 1.52 bits per heavy atom. The van der Waals surface area contributed by atoms with Crippen molar-refractivity contribution in [1.29, 1.82) is 0 Å². The van der Waals surface area contributed by atoms with Gasteiger partial charge in [-0.3, -0.25) is 4.99 Å². The van der Waals surface area contributed by atoms with E-state index in [-0.39, 0.29) is 6.54 Å². The van der Waals surface area contributed by atoms with E-state index in [2.05, 4.69) is 27.5 Å². The third-order valence-corrected chi connectivity index (χ3v) is 3.72. The van der Waals surface area contributed by atoms with Gasteiger partial charge < -0.3 is 26.5 Å². The van der Waals surface area contributed by atoms with Crippen LogP contribution in [0.2, 0.25) is 0 Å². The summed E-state index contributed by atoms with van der Waals surface area (Å²) in [5, 5.41) is 6.74. The van der Waals surface area contributed by atoms with Crippen molar-refractivity contribution in [2.75, 3.05) is 17.6 Å². The maximum atomic E-state index is 10.7. The van der Waals surface area contributed by atoms with E-state index in [1.54, 1.807) is 18.5 Å². The van der Waals surface area contributed by atoms with E-state index in [0.717, 1.165) is 24.4 Å². The van der Waals surface area contributed by atoms with Crippen molar-refractivity contribution >= 4 is 33.8 Å². The van der Waals surface area contributed by atoms with E-state index in [9.17, 15) is 4.79 Å².